The van der Waals surface area contributed by atoms with Gasteiger partial charge in [-0.15, -0.1) is 0 Å². The molecular formula is C18H16O4. The Labute approximate surface area is 128 Å². The fourth-order valence-electron chi connectivity index (χ4n) is 3.32. The quantitative estimate of drug-likeness (QED) is 0.872. The second kappa shape index (κ2) is 4.50. The zero-order valence-corrected chi connectivity index (χ0v) is 12.5. The first kappa shape index (κ1) is 13.2. The SMILES string of the molecule is COc1ccc2c(c1OC)OC1(c3ccccc3)CC1C2=O. The van der Waals surface area contributed by atoms with Gasteiger partial charge in [-0.25, -0.2) is 0 Å². The van der Waals surface area contributed by atoms with Crippen molar-refractivity contribution in [1.82, 2.24) is 0 Å². The first-order chi connectivity index (χ1) is 10.7. The molecule has 2 aromatic carbocycles. The van der Waals surface area contributed by atoms with Crippen molar-refractivity contribution in [2.45, 2.75) is 12.0 Å². The van der Waals surface area contributed by atoms with Crippen molar-refractivity contribution in [3.05, 3.63) is 53.6 Å². The molecule has 0 radical (unpaired) electrons. The molecule has 0 spiro atoms. The van der Waals surface area contributed by atoms with E-state index in [1.807, 2.05) is 30.3 Å². The molecule has 2 aliphatic rings. The lowest BCUT2D eigenvalue weighted by atomic mass is 9.96. The highest BCUT2D eigenvalue weighted by Crippen LogP contribution is 2.62. The van der Waals surface area contributed by atoms with Crippen LogP contribution in [0.3, 0.4) is 0 Å². The number of rotatable bonds is 3. The molecule has 4 rings (SSSR count). The summed E-state index contributed by atoms with van der Waals surface area (Å²) < 4.78 is 17.0. The zero-order chi connectivity index (χ0) is 15.3. The van der Waals surface area contributed by atoms with Gasteiger partial charge in [0.2, 0.25) is 5.75 Å². The number of carbonyl (C=O) groups excluding carboxylic acids is 1. The minimum Gasteiger partial charge on any atom is -0.493 e. The molecule has 1 fully saturated rings. The molecule has 2 unspecified atom stereocenters. The van der Waals surface area contributed by atoms with Crippen LogP contribution in [0, 0.1) is 5.92 Å². The minimum atomic E-state index is -0.551. The van der Waals surface area contributed by atoms with E-state index in [2.05, 4.69) is 0 Å². The van der Waals surface area contributed by atoms with Crippen LogP contribution < -0.4 is 14.2 Å². The molecule has 22 heavy (non-hydrogen) atoms. The van der Waals surface area contributed by atoms with E-state index in [1.165, 1.54) is 0 Å². The van der Waals surface area contributed by atoms with Gasteiger partial charge in [0.1, 0.15) is 5.60 Å². The van der Waals surface area contributed by atoms with E-state index in [9.17, 15) is 4.79 Å². The van der Waals surface area contributed by atoms with Crippen molar-refractivity contribution >= 4 is 5.78 Å². The van der Waals surface area contributed by atoms with Crippen molar-refractivity contribution in [2.75, 3.05) is 14.2 Å². The van der Waals surface area contributed by atoms with E-state index in [0.717, 1.165) is 5.56 Å². The van der Waals surface area contributed by atoms with E-state index in [-0.39, 0.29) is 11.7 Å². The lowest BCUT2D eigenvalue weighted by Crippen LogP contribution is -2.28. The van der Waals surface area contributed by atoms with Gasteiger partial charge < -0.3 is 14.2 Å². The molecule has 1 aliphatic heterocycles. The molecule has 4 nitrogen and oxygen atoms in total. The summed E-state index contributed by atoms with van der Waals surface area (Å²) >= 11 is 0. The van der Waals surface area contributed by atoms with Gasteiger partial charge in [-0.05, 0) is 17.7 Å². The summed E-state index contributed by atoms with van der Waals surface area (Å²) in [6.07, 6.45) is 0.704. The average molecular weight is 296 g/mol. The molecule has 0 N–H and O–H groups in total. The molecule has 1 aliphatic carbocycles. The highest BCUT2D eigenvalue weighted by atomic mass is 16.5. The second-order valence-corrected chi connectivity index (χ2v) is 5.66. The third-order valence-electron chi connectivity index (χ3n) is 4.54. The van der Waals surface area contributed by atoms with Crippen LogP contribution in [-0.2, 0) is 5.60 Å². The van der Waals surface area contributed by atoms with Gasteiger partial charge in [-0.1, -0.05) is 30.3 Å². The number of methoxy groups -OCH3 is 2. The summed E-state index contributed by atoms with van der Waals surface area (Å²) in [5.74, 6) is 1.54. The molecule has 4 heteroatoms. The molecule has 2 atom stereocenters. The van der Waals surface area contributed by atoms with Crippen molar-refractivity contribution < 1.29 is 19.0 Å². The maximum Gasteiger partial charge on any atom is 0.204 e. The van der Waals surface area contributed by atoms with Crippen LogP contribution in [0.5, 0.6) is 17.2 Å². The fourth-order valence-corrected chi connectivity index (χ4v) is 3.32. The predicted molar refractivity (Wildman–Crippen MR) is 80.7 cm³/mol. The van der Waals surface area contributed by atoms with E-state index >= 15 is 0 Å². The highest BCUT2D eigenvalue weighted by Gasteiger charge is 2.65. The Balaban J connectivity index is 1.86. The van der Waals surface area contributed by atoms with Crippen LogP contribution in [0.4, 0.5) is 0 Å². The smallest absolute Gasteiger partial charge is 0.204 e. The van der Waals surface area contributed by atoms with Crippen molar-refractivity contribution in [2.24, 2.45) is 5.92 Å². The molecule has 1 saturated carbocycles. The van der Waals surface area contributed by atoms with Crippen LogP contribution in [0.25, 0.3) is 0 Å². The van der Waals surface area contributed by atoms with Gasteiger partial charge in [0, 0.05) is 6.42 Å². The predicted octanol–water partition coefficient (Wildman–Crippen LogP) is 3.19. The van der Waals surface area contributed by atoms with Crippen LogP contribution in [-0.4, -0.2) is 20.0 Å². The lowest BCUT2D eigenvalue weighted by molar-refractivity contribution is 0.0812. The standard InChI is InChI=1S/C18H16O4/c1-20-14-9-8-12-15(19)13-10-18(13,11-6-4-3-5-7-11)22-16(12)17(14)21-2/h3-9,13H,10H2,1-2H3. The molecule has 2 aromatic rings. The minimum absolute atomic E-state index is 0.111. The monoisotopic (exact) mass is 296 g/mol. The van der Waals surface area contributed by atoms with Gasteiger partial charge in [0.05, 0.1) is 25.7 Å². The van der Waals surface area contributed by atoms with Crippen LogP contribution >= 0.6 is 0 Å². The van der Waals surface area contributed by atoms with Crippen LogP contribution in [0.15, 0.2) is 42.5 Å². The third-order valence-corrected chi connectivity index (χ3v) is 4.54. The first-order valence-electron chi connectivity index (χ1n) is 7.25. The van der Waals surface area contributed by atoms with E-state index < -0.39 is 5.60 Å². The third kappa shape index (κ3) is 1.61. The molecule has 112 valence electrons. The highest BCUT2D eigenvalue weighted by molar-refractivity contribution is 6.05. The van der Waals surface area contributed by atoms with Crippen molar-refractivity contribution in [1.29, 1.82) is 0 Å². The molecule has 0 saturated heterocycles. The lowest BCUT2D eigenvalue weighted by Gasteiger charge is -2.27. The van der Waals surface area contributed by atoms with E-state index in [1.54, 1.807) is 26.4 Å². The molecule has 0 bridgehead atoms. The number of Topliss-reactive ketones (excluding diaryl/α,β-unsaturated/α-hetero) is 1. The number of carbonyl (C=O) groups is 1. The molecule has 1 heterocycles. The normalized spacial score (nSPS) is 24.8. The maximum atomic E-state index is 12.7. The van der Waals surface area contributed by atoms with Crippen molar-refractivity contribution in [3.8, 4) is 17.2 Å². The number of hydrogen-bond acceptors (Lipinski definition) is 4. The van der Waals surface area contributed by atoms with E-state index in [4.69, 9.17) is 14.2 Å². The molecular weight excluding hydrogens is 280 g/mol. The Bertz CT molecular complexity index is 753. The Morgan fingerprint density at radius 1 is 1.09 bits per heavy atom. The van der Waals surface area contributed by atoms with Crippen LogP contribution in [0.2, 0.25) is 0 Å². The van der Waals surface area contributed by atoms with Crippen LogP contribution in [0.1, 0.15) is 22.3 Å². The Morgan fingerprint density at radius 3 is 2.55 bits per heavy atom. The zero-order valence-electron chi connectivity index (χ0n) is 12.5. The maximum absolute atomic E-state index is 12.7. The van der Waals surface area contributed by atoms with Gasteiger partial charge >= 0.3 is 0 Å². The summed E-state index contributed by atoms with van der Waals surface area (Å²) in [6, 6.07) is 13.4. The topological polar surface area (TPSA) is 44.8 Å². The number of ether oxygens (including phenoxy) is 3. The number of benzene rings is 2. The summed E-state index contributed by atoms with van der Waals surface area (Å²) in [5.41, 5.74) is 1.06. The number of ketones is 1. The summed E-state index contributed by atoms with van der Waals surface area (Å²) in [6.45, 7) is 0. The Hall–Kier alpha value is -2.49. The number of fused-ring (bicyclic) bond motifs is 2. The molecule has 0 aromatic heterocycles. The average Bonchev–Trinajstić information content (AvgIpc) is 3.31. The Morgan fingerprint density at radius 2 is 1.86 bits per heavy atom. The van der Waals surface area contributed by atoms with Crippen molar-refractivity contribution in [3.63, 3.8) is 0 Å². The summed E-state index contributed by atoms with van der Waals surface area (Å²) in [7, 11) is 3.13. The van der Waals surface area contributed by atoms with Gasteiger partial charge in [-0.2, -0.15) is 0 Å². The number of hydrogen-bond donors (Lipinski definition) is 0. The van der Waals surface area contributed by atoms with Gasteiger partial charge in [-0.3, -0.25) is 4.79 Å². The summed E-state index contributed by atoms with van der Waals surface area (Å²) in [4.78, 5) is 12.7. The first-order valence-corrected chi connectivity index (χ1v) is 7.25. The molecule has 0 amide bonds. The Kier molecular flexibility index (Phi) is 2.70. The fraction of sp³-hybridized carbons (Fsp3) is 0.278. The summed E-state index contributed by atoms with van der Waals surface area (Å²) in [5, 5.41) is 0. The van der Waals surface area contributed by atoms with Gasteiger partial charge in [0.15, 0.2) is 17.3 Å². The largest absolute Gasteiger partial charge is 0.493 e. The second-order valence-electron chi connectivity index (χ2n) is 5.66. The van der Waals surface area contributed by atoms with E-state index in [0.29, 0.717) is 29.2 Å². The van der Waals surface area contributed by atoms with Gasteiger partial charge in [0.25, 0.3) is 0 Å².